The molecule has 0 amide bonds. The average Bonchev–Trinajstić information content (AvgIpc) is 3.58. The van der Waals surface area contributed by atoms with Gasteiger partial charge < -0.3 is 9.72 Å². The topological polar surface area (TPSA) is 88.9 Å². The molecule has 5 rings (SSSR count). The lowest BCUT2D eigenvalue weighted by molar-refractivity contribution is 0.0893. The lowest BCUT2D eigenvalue weighted by atomic mass is 10.0. The molecule has 1 aliphatic heterocycles. The van der Waals surface area contributed by atoms with Gasteiger partial charge in [0, 0.05) is 25.3 Å². The van der Waals surface area contributed by atoms with E-state index in [4.69, 9.17) is 4.74 Å². The van der Waals surface area contributed by atoms with Crippen molar-refractivity contribution in [1.29, 1.82) is 0 Å². The van der Waals surface area contributed by atoms with Crippen molar-refractivity contribution in [1.82, 2.24) is 30.1 Å². The Hall–Kier alpha value is -3.36. The molecule has 0 radical (unpaired) electrons. The van der Waals surface area contributed by atoms with Crippen LogP contribution in [0.15, 0.2) is 53.3 Å². The highest BCUT2D eigenvalue weighted by Gasteiger charge is 2.27. The molecule has 194 valence electrons. The van der Waals surface area contributed by atoms with Crippen molar-refractivity contribution in [3.63, 3.8) is 0 Å². The lowest BCUT2D eigenvalue weighted by Gasteiger charge is -2.30. The summed E-state index contributed by atoms with van der Waals surface area (Å²) in [7, 11) is 0. The van der Waals surface area contributed by atoms with Crippen LogP contribution < -0.4 is 5.56 Å². The molecule has 1 N–H and O–H groups in total. The first-order valence-corrected chi connectivity index (χ1v) is 13.3. The summed E-state index contributed by atoms with van der Waals surface area (Å²) in [5.74, 6) is 0.829. The second-order valence-corrected chi connectivity index (χ2v) is 10.1. The molecular formula is C29H36N6O2. The van der Waals surface area contributed by atoms with Crippen LogP contribution in [0.3, 0.4) is 0 Å². The number of aromatic nitrogens is 5. The van der Waals surface area contributed by atoms with E-state index >= 15 is 0 Å². The number of aryl methyl sites for hydroxylation is 2. The molecule has 1 aliphatic rings. The maximum atomic E-state index is 13.2. The Kier molecular flexibility index (Phi) is 7.76. The van der Waals surface area contributed by atoms with Crippen molar-refractivity contribution in [2.45, 2.75) is 71.7 Å². The number of benzene rings is 2. The van der Waals surface area contributed by atoms with Gasteiger partial charge in [0.25, 0.3) is 5.56 Å². The van der Waals surface area contributed by atoms with Gasteiger partial charge in [0.05, 0.1) is 24.2 Å². The van der Waals surface area contributed by atoms with E-state index in [0.29, 0.717) is 13.1 Å². The first-order valence-electron chi connectivity index (χ1n) is 13.3. The third kappa shape index (κ3) is 5.65. The van der Waals surface area contributed by atoms with Crippen molar-refractivity contribution in [2.24, 2.45) is 0 Å². The number of hydrogen-bond donors (Lipinski definition) is 1. The predicted molar refractivity (Wildman–Crippen MR) is 144 cm³/mol. The van der Waals surface area contributed by atoms with E-state index in [1.165, 1.54) is 11.1 Å². The number of pyridine rings is 1. The molecule has 3 heterocycles. The lowest BCUT2D eigenvalue weighted by Crippen LogP contribution is -2.35. The van der Waals surface area contributed by atoms with Crippen molar-refractivity contribution in [2.75, 3.05) is 13.2 Å². The van der Waals surface area contributed by atoms with E-state index < -0.39 is 0 Å². The van der Waals surface area contributed by atoms with E-state index in [1.807, 2.05) is 29.8 Å². The fourth-order valence-electron chi connectivity index (χ4n) is 5.43. The Morgan fingerprint density at radius 2 is 1.97 bits per heavy atom. The number of nitrogens with one attached hydrogen (secondary N) is 1. The molecule has 8 heteroatoms. The molecule has 4 aromatic rings. The Morgan fingerprint density at radius 1 is 1.14 bits per heavy atom. The highest BCUT2D eigenvalue weighted by atomic mass is 16.5. The Bertz CT molecular complexity index is 1410. The van der Waals surface area contributed by atoms with Crippen LogP contribution in [0.25, 0.3) is 10.9 Å². The first-order chi connectivity index (χ1) is 18.0. The van der Waals surface area contributed by atoms with Gasteiger partial charge in [-0.1, -0.05) is 49.4 Å². The zero-order valence-corrected chi connectivity index (χ0v) is 22.0. The molecule has 2 atom stereocenters. The molecular weight excluding hydrogens is 464 g/mol. The number of H-pyrrole nitrogens is 1. The monoisotopic (exact) mass is 500 g/mol. The SMILES string of the molecule is CC[C@H](c1nnnn1C[C@@H]1CCCO1)N(CCc1ccccc1C)Cc1cc2cccc(C)c2[nH]c1=O. The molecule has 1 fully saturated rings. The zero-order valence-electron chi connectivity index (χ0n) is 22.0. The van der Waals surface area contributed by atoms with Gasteiger partial charge in [-0.2, -0.15) is 0 Å². The first kappa shape index (κ1) is 25.3. The minimum atomic E-state index is -0.0449. The standard InChI is InChI=1S/C29H36N6O2/c1-4-26(28-31-32-33-35(28)19-25-13-8-16-37-25)34(15-14-22-11-6-5-9-20(22)2)18-24-17-23-12-7-10-21(3)27(23)30-29(24)36/h5-7,9-12,17,25-26H,4,8,13-16,18-19H2,1-3H3,(H,30,36)/t25-,26+/m0/s1. The Balaban J connectivity index is 1.47. The smallest absolute Gasteiger partial charge is 0.252 e. The van der Waals surface area contributed by atoms with Crippen LogP contribution in [0.5, 0.6) is 0 Å². The van der Waals surface area contributed by atoms with Crippen LogP contribution in [0, 0.1) is 13.8 Å². The van der Waals surface area contributed by atoms with Crippen LogP contribution in [0.2, 0.25) is 0 Å². The summed E-state index contributed by atoms with van der Waals surface area (Å²) in [4.78, 5) is 18.7. The van der Waals surface area contributed by atoms with Gasteiger partial charge in [0.15, 0.2) is 5.82 Å². The van der Waals surface area contributed by atoms with Crippen LogP contribution >= 0.6 is 0 Å². The molecule has 37 heavy (non-hydrogen) atoms. The number of hydrogen-bond acceptors (Lipinski definition) is 6. The number of aromatic amines is 1. The molecule has 0 spiro atoms. The second kappa shape index (κ2) is 11.4. The second-order valence-electron chi connectivity index (χ2n) is 10.1. The predicted octanol–water partition coefficient (Wildman–Crippen LogP) is 4.51. The fraction of sp³-hybridized carbons (Fsp3) is 0.448. The fourth-order valence-corrected chi connectivity index (χ4v) is 5.43. The Morgan fingerprint density at radius 3 is 2.76 bits per heavy atom. The third-order valence-corrected chi connectivity index (χ3v) is 7.55. The largest absolute Gasteiger partial charge is 0.376 e. The number of tetrazole rings is 1. The number of ether oxygens (including phenoxy) is 1. The number of nitrogens with zero attached hydrogens (tertiary/aromatic N) is 5. The van der Waals surface area contributed by atoms with Gasteiger partial charge in [-0.05, 0) is 78.1 Å². The minimum Gasteiger partial charge on any atom is -0.376 e. The van der Waals surface area contributed by atoms with E-state index in [2.05, 4.69) is 69.6 Å². The summed E-state index contributed by atoms with van der Waals surface area (Å²) >= 11 is 0. The molecule has 2 aromatic carbocycles. The van der Waals surface area contributed by atoms with Crippen molar-refractivity contribution >= 4 is 10.9 Å². The zero-order chi connectivity index (χ0) is 25.8. The average molecular weight is 501 g/mol. The normalized spacial score (nSPS) is 16.6. The van der Waals surface area contributed by atoms with Crippen molar-refractivity contribution < 1.29 is 4.74 Å². The van der Waals surface area contributed by atoms with Crippen molar-refractivity contribution in [3.05, 3.63) is 87.0 Å². The number of fused-ring (bicyclic) bond motifs is 1. The van der Waals surface area contributed by atoms with Gasteiger partial charge in [0.2, 0.25) is 0 Å². The molecule has 2 aromatic heterocycles. The summed E-state index contributed by atoms with van der Waals surface area (Å²) in [5, 5.41) is 13.9. The van der Waals surface area contributed by atoms with Gasteiger partial charge in [-0.3, -0.25) is 9.69 Å². The summed E-state index contributed by atoms with van der Waals surface area (Å²) in [6.07, 6.45) is 3.95. The van der Waals surface area contributed by atoms with E-state index in [0.717, 1.165) is 66.7 Å². The molecule has 0 saturated carbocycles. The van der Waals surface area contributed by atoms with E-state index in [-0.39, 0.29) is 17.7 Å². The maximum Gasteiger partial charge on any atom is 0.252 e. The highest BCUT2D eigenvalue weighted by molar-refractivity contribution is 5.81. The molecule has 0 aliphatic carbocycles. The van der Waals surface area contributed by atoms with Gasteiger partial charge in [-0.15, -0.1) is 5.10 Å². The van der Waals surface area contributed by atoms with Gasteiger partial charge in [0.1, 0.15) is 0 Å². The number of rotatable bonds is 10. The Labute approximate surface area is 217 Å². The third-order valence-electron chi connectivity index (χ3n) is 7.55. The van der Waals surface area contributed by atoms with Gasteiger partial charge in [-0.25, -0.2) is 4.68 Å². The molecule has 0 unspecified atom stereocenters. The highest BCUT2D eigenvalue weighted by Crippen LogP contribution is 2.26. The number of para-hydroxylation sites is 1. The van der Waals surface area contributed by atoms with Crippen LogP contribution in [-0.2, 0) is 24.2 Å². The van der Waals surface area contributed by atoms with Crippen LogP contribution in [0.4, 0.5) is 0 Å². The van der Waals surface area contributed by atoms with Crippen LogP contribution in [-0.4, -0.2) is 49.3 Å². The minimum absolute atomic E-state index is 0.0342. The summed E-state index contributed by atoms with van der Waals surface area (Å²) in [6.45, 7) is 9.07. The summed E-state index contributed by atoms with van der Waals surface area (Å²) < 4.78 is 7.76. The molecule has 1 saturated heterocycles. The summed E-state index contributed by atoms with van der Waals surface area (Å²) in [5.41, 5.74) is 5.26. The van der Waals surface area contributed by atoms with Crippen LogP contribution in [0.1, 0.15) is 60.3 Å². The maximum absolute atomic E-state index is 13.2. The quantitative estimate of drug-likeness (QED) is 0.345. The van der Waals surface area contributed by atoms with E-state index in [1.54, 1.807) is 0 Å². The summed E-state index contributed by atoms with van der Waals surface area (Å²) in [6, 6.07) is 16.6. The molecule has 0 bridgehead atoms. The van der Waals surface area contributed by atoms with E-state index in [9.17, 15) is 4.79 Å². The van der Waals surface area contributed by atoms with Gasteiger partial charge >= 0.3 is 0 Å². The van der Waals surface area contributed by atoms with Crippen molar-refractivity contribution in [3.8, 4) is 0 Å². The molecule has 8 nitrogen and oxygen atoms in total.